The minimum atomic E-state index is -3.33. The lowest BCUT2D eigenvalue weighted by Gasteiger charge is -2.32. The van der Waals surface area contributed by atoms with Gasteiger partial charge in [-0.3, -0.25) is 9.97 Å². The Morgan fingerprint density at radius 1 is 1.08 bits per heavy atom. The molecule has 0 aromatic carbocycles. The zero-order chi connectivity index (χ0) is 18.2. The molecule has 0 amide bonds. The van der Waals surface area contributed by atoms with Gasteiger partial charge in [0.2, 0.25) is 0 Å². The third kappa shape index (κ3) is 3.44. The van der Waals surface area contributed by atoms with E-state index in [1.807, 2.05) is 18.5 Å². The number of rotatable bonds is 4. The molecule has 1 fully saturated rings. The highest BCUT2D eigenvalue weighted by molar-refractivity contribution is 7.86. The maximum Gasteiger partial charge on any atom is 0.281 e. The third-order valence-corrected chi connectivity index (χ3v) is 6.76. The average molecular weight is 364 g/mol. The van der Waals surface area contributed by atoms with Crippen molar-refractivity contribution in [1.29, 1.82) is 0 Å². The highest BCUT2D eigenvalue weighted by Gasteiger charge is 2.30. The van der Waals surface area contributed by atoms with Gasteiger partial charge in [-0.05, 0) is 19.8 Å². The first-order valence-electron chi connectivity index (χ1n) is 8.29. The Labute approximate surface area is 148 Å². The molecule has 1 aliphatic rings. The van der Waals surface area contributed by atoms with Crippen LogP contribution in [-0.4, -0.2) is 63.7 Å². The molecule has 0 atom stereocenters. The fraction of sp³-hybridized carbons (Fsp3) is 0.562. The number of hydrogen-bond acceptors (Lipinski definition) is 5. The molecule has 0 spiro atoms. The lowest BCUT2D eigenvalue weighted by atomic mass is 9.95. The van der Waals surface area contributed by atoms with Gasteiger partial charge in [0.15, 0.2) is 0 Å². The van der Waals surface area contributed by atoms with E-state index < -0.39 is 10.2 Å². The number of imidazole rings is 1. The monoisotopic (exact) mass is 364 g/mol. The molecule has 0 bridgehead atoms. The summed E-state index contributed by atoms with van der Waals surface area (Å²) in [6, 6.07) is 0. The number of hydrogen-bond donors (Lipinski definition) is 0. The Morgan fingerprint density at radius 3 is 2.24 bits per heavy atom. The molecule has 25 heavy (non-hydrogen) atoms. The zero-order valence-corrected chi connectivity index (χ0v) is 15.9. The predicted octanol–water partition coefficient (Wildman–Crippen LogP) is 1.17. The Balaban J connectivity index is 1.69. The summed E-state index contributed by atoms with van der Waals surface area (Å²) in [6.45, 7) is 2.96. The van der Waals surface area contributed by atoms with Gasteiger partial charge in [-0.25, -0.2) is 4.98 Å². The minimum absolute atomic E-state index is 0.239. The Bertz CT molecular complexity index is 836. The second-order valence-corrected chi connectivity index (χ2v) is 8.68. The summed E-state index contributed by atoms with van der Waals surface area (Å²) in [7, 11) is 1.75. The van der Waals surface area contributed by atoms with Crippen LogP contribution in [-0.2, 0) is 17.3 Å². The van der Waals surface area contributed by atoms with E-state index in [9.17, 15) is 8.42 Å². The fourth-order valence-electron chi connectivity index (χ4n) is 3.03. The van der Waals surface area contributed by atoms with Gasteiger partial charge in [0.25, 0.3) is 10.2 Å². The lowest BCUT2D eigenvalue weighted by Crippen LogP contribution is -2.44. The van der Waals surface area contributed by atoms with E-state index in [1.165, 1.54) is 8.61 Å². The van der Waals surface area contributed by atoms with Crippen molar-refractivity contribution in [2.45, 2.75) is 25.7 Å². The van der Waals surface area contributed by atoms with Crippen LogP contribution < -0.4 is 0 Å². The van der Waals surface area contributed by atoms with Crippen LogP contribution in [0.3, 0.4) is 0 Å². The van der Waals surface area contributed by atoms with Gasteiger partial charge < -0.3 is 4.57 Å². The van der Waals surface area contributed by atoms with Crippen molar-refractivity contribution in [1.82, 2.24) is 28.1 Å². The van der Waals surface area contributed by atoms with E-state index >= 15 is 0 Å². The summed E-state index contributed by atoms with van der Waals surface area (Å²) < 4.78 is 29.1. The summed E-state index contributed by atoms with van der Waals surface area (Å²) in [4.78, 5) is 13.4. The van der Waals surface area contributed by atoms with Crippen molar-refractivity contribution in [3.05, 3.63) is 30.1 Å². The van der Waals surface area contributed by atoms with Crippen LogP contribution in [0, 0.1) is 6.92 Å². The molecule has 0 saturated carbocycles. The van der Waals surface area contributed by atoms with Crippen LogP contribution in [0.4, 0.5) is 0 Å². The number of aryl methyl sites for hydroxylation is 1. The van der Waals surface area contributed by atoms with Crippen molar-refractivity contribution in [3.8, 4) is 11.4 Å². The van der Waals surface area contributed by atoms with Gasteiger partial charge in [-0.15, -0.1) is 0 Å². The van der Waals surface area contributed by atoms with Crippen LogP contribution in [0.15, 0.2) is 18.6 Å². The van der Waals surface area contributed by atoms with Crippen molar-refractivity contribution >= 4 is 10.2 Å². The Hall–Kier alpha value is -1.84. The second kappa shape index (κ2) is 6.81. The van der Waals surface area contributed by atoms with E-state index in [1.54, 1.807) is 32.7 Å². The third-order valence-electron chi connectivity index (χ3n) is 4.81. The highest BCUT2D eigenvalue weighted by Crippen LogP contribution is 2.28. The van der Waals surface area contributed by atoms with Gasteiger partial charge in [0, 0.05) is 46.3 Å². The van der Waals surface area contributed by atoms with Gasteiger partial charge >= 0.3 is 0 Å². The smallest absolute Gasteiger partial charge is 0.281 e. The summed E-state index contributed by atoms with van der Waals surface area (Å²) in [5.74, 6) is 1.17. The molecule has 1 saturated heterocycles. The van der Waals surface area contributed by atoms with E-state index in [0.29, 0.717) is 13.1 Å². The topological polar surface area (TPSA) is 84.2 Å². The molecule has 1 aliphatic heterocycles. The highest BCUT2D eigenvalue weighted by atomic mass is 32.2. The summed E-state index contributed by atoms with van der Waals surface area (Å²) >= 11 is 0. The molecule has 3 rings (SSSR count). The quantitative estimate of drug-likeness (QED) is 0.813. The van der Waals surface area contributed by atoms with Crippen LogP contribution in [0.5, 0.6) is 0 Å². The molecule has 8 nitrogen and oxygen atoms in total. The first-order valence-corrected chi connectivity index (χ1v) is 9.68. The summed E-state index contributed by atoms with van der Waals surface area (Å²) in [5.41, 5.74) is 2.65. The second-order valence-electron chi connectivity index (χ2n) is 6.54. The normalized spacial score (nSPS) is 17.3. The SMILES string of the molecule is Cc1ncc(-c2cnc(C3CCN(S(=O)(=O)N(C)C)CC3)cn2)n1C. The summed E-state index contributed by atoms with van der Waals surface area (Å²) in [6.07, 6.45) is 6.88. The number of piperidine rings is 1. The zero-order valence-electron chi connectivity index (χ0n) is 15.0. The molecule has 0 aliphatic carbocycles. The van der Waals surface area contributed by atoms with E-state index in [0.717, 1.165) is 35.7 Å². The predicted molar refractivity (Wildman–Crippen MR) is 95.1 cm³/mol. The average Bonchev–Trinajstić information content (AvgIpc) is 2.94. The summed E-state index contributed by atoms with van der Waals surface area (Å²) in [5, 5.41) is 0. The molecular weight excluding hydrogens is 340 g/mol. The fourth-order valence-corrected chi connectivity index (χ4v) is 4.17. The van der Waals surface area contributed by atoms with E-state index in [4.69, 9.17) is 0 Å². The lowest BCUT2D eigenvalue weighted by molar-refractivity contribution is 0.300. The number of nitrogens with zero attached hydrogens (tertiary/aromatic N) is 6. The standard InChI is InChI=1S/C16H24N6O2S/c1-12-17-11-16(21(12)4)15-10-18-14(9-19-15)13-5-7-22(8-6-13)25(23,24)20(2)3/h9-11,13H,5-8H2,1-4H3. The maximum atomic E-state index is 12.2. The molecule has 2 aromatic rings. The minimum Gasteiger partial charge on any atom is -0.330 e. The first kappa shape index (κ1) is 18.0. The molecule has 2 aromatic heterocycles. The van der Waals surface area contributed by atoms with Crippen molar-refractivity contribution in [2.75, 3.05) is 27.2 Å². The molecule has 0 N–H and O–H groups in total. The molecular formula is C16H24N6O2S. The van der Waals surface area contributed by atoms with Crippen LogP contribution in [0.1, 0.15) is 30.3 Å². The van der Waals surface area contributed by atoms with Crippen molar-refractivity contribution in [3.63, 3.8) is 0 Å². The molecule has 136 valence electrons. The Kier molecular flexibility index (Phi) is 4.90. The van der Waals surface area contributed by atoms with Crippen LogP contribution >= 0.6 is 0 Å². The number of aromatic nitrogens is 4. The van der Waals surface area contributed by atoms with Crippen LogP contribution in [0.2, 0.25) is 0 Å². The molecule has 0 radical (unpaired) electrons. The molecule has 0 unspecified atom stereocenters. The molecule has 9 heteroatoms. The van der Waals surface area contributed by atoms with E-state index in [-0.39, 0.29) is 5.92 Å². The maximum absolute atomic E-state index is 12.2. The van der Waals surface area contributed by atoms with E-state index in [2.05, 4.69) is 15.0 Å². The van der Waals surface area contributed by atoms with Crippen LogP contribution in [0.25, 0.3) is 11.4 Å². The van der Waals surface area contributed by atoms with Gasteiger partial charge in [-0.2, -0.15) is 17.0 Å². The largest absolute Gasteiger partial charge is 0.330 e. The first-order chi connectivity index (χ1) is 11.8. The van der Waals surface area contributed by atoms with Gasteiger partial charge in [0.05, 0.1) is 23.8 Å². The molecule has 3 heterocycles. The van der Waals surface area contributed by atoms with Crippen molar-refractivity contribution < 1.29 is 8.42 Å². The van der Waals surface area contributed by atoms with Gasteiger partial charge in [0.1, 0.15) is 11.5 Å². The Morgan fingerprint density at radius 2 is 1.76 bits per heavy atom. The van der Waals surface area contributed by atoms with Crippen molar-refractivity contribution in [2.24, 2.45) is 7.05 Å². The van der Waals surface area contributed by atoms with Gasteiger partial charge in [-0.1, -0.05) is 0 Å².